The van der Waals surface area contributed by atoms with Gasteiger partial charge in [0.15, 0.2) is 0 Å². The molecule has 1 fully saturated rings. The lowest BCUT2D eigenvalue weighted by atomic mass is 9.78. The van der Waals surface area contributed by atoms with E-state index in [2.05, 4.69) is 15.6 Å². The standard InChI is InChI=1S/C22H26N4O3/c23-20(22(28)26-18-13-29-19-4-2-1-3-17(18)19)14-5-7-15(8-6-14)21(27)25-16-9-11-24-12-10-16/h1-4,9-12,14-15,18,20H,5-8,13,23H2,(H,26,28)(H,24,25,27)/t14-,15-,18?,20?. The Hall–Kier alpha value is -2.93. The summed E-state index contributed by atoms with van der Waals surface area (Å²) in [6.07, 6.45) is 6.30. The van der Waals surface area contributed by atoms with Crippen LogP contribution in [0.4, 0.5) is 5.69 Å². The molecule has 2 heterocycles. The minimum Gasteiger partial charge on any atom is -0.491 e. The molecule has 0 spiro atoms. The van der Waals surface area contributed by atoms with Crippen LogP contribution in [0.2, 0.25) is 0 Å². The molecule has 7 heteroatoms. The zero-order valence-corrected chi connectivity index (χ0v) is 16.2. The van der Waals surface area contributed by atoms with E-state index in [1.807, 2.05) is 24.3 Å². The summed E-state index contributed by atoms with van der Waals surface area (Å²) in [5.74, 6) is 0.710. The number of rotatable bonds is 5. The molecule has 1 aliphatic carbocycles. The maximum Gasteiger partial charge on any atom is 0.237 e. The number of nitrogens with two attached hydrogens (primary N) is 1. The summed E-state index contributed by atoms with van der Waals surface area (Å²) in [7, 11) is 0. The van der Waals surface area contributed by atoms with E-state index in [4.69, 9.17) is 10.5 Å². The van der Waals surface area contributed by atoms with Gasteiger partial charge in [0.25, 0.3) is 0 Å². The summed E-state index contributed by atoms with van der Waals surface area (Å²) in [6, 6.07) is 10.5. The lowest BCUT2D eigenvalue weighted by molar-refractivity contribution is -0.125. The summed E-state index contributed by atoms with van der Waals surface area (Å²) in [6.45, 7) is 0.430. The van der Waals surface area contributed by atoms with Crippen molar-refractivity contribution in [2.24, 2.45) is 17.6 Å². The highest BCUT2D eigenvalue weighted by Gasteiger charge is 2.34. The van der Waals surface area contributed by atoms with Crippen LogP contribution in [-0.2, 0) is 9.59 Å². The minimum atomic E-state index is -0.577. The molecule has 4 rings (SSSR count). The molecule has 29 heavy (non-hydrogen) atoms. The van der Waals surface area contributed by atoms with Crippen LogP contribution < -0.4 is 21.1 Å². The molecular formula is C22H26N4O3. The highest BCUT2D eigenvalue weighted by Crippen LogP contribution is 2.33. The molecule has 0 bridgehead atoms. The first kappa shape index (κ1) is 19.4. The van der Waals surface area contributed by atoms with E-state index < -0.39 is 6.04 Å². The Morgan fingerprint density at radius 3 is 2.55 bits per heavy atom. The van der Waals surface area contributed by atoms with Gasteiger partial charge in [0.1, 0.15) is 12.4 Å². The van der Waals surface area contributed by atoms with Crippen LogP contribution in [0.5, 0.6) is 5.75 Å². The van der Waals surface area contributed by atoms with Gasteiger partial charge in [0.2, 0.25) is 11.8 Å². The Balaban J connectivity index is 1.27. The van der Waals surface area contributed by atoms with Crippen molar-refractivity contribution in [3.8, 4) is 5.75 Å². The third-order valence-electron chi connectivity index (χ3n) is 5.92. The molecule has 2 amide bonds. The zero-order chi connectivity index (χ0) is 20.2. The maximum atomic E-state index is 12.7. The molecule has 1 aromatic heterocycles. The number of aromatic nitrogens is 1. The van der Waals surface area contributed by atoms with Gasteiger partial charge in [-0.1, -0.05) is 18.2 Å². The van der Waals surface area contributed by atoms with Gasteiger partial charge in [-0.25, -0.2) is 0 Å². The molecule has 152 valence electrons. The third-order valence-corrected chi connectivity index (χ3v) is 5.92. The maximum absolute atomic E-state index is 12.7. The molecule has 1 aliphatic heterocycles. The molecule has 7 nitrogen and oxygen atoms in total. The van der Waals surface area contributed by atoms with Gasteiger partial charge in [-0.15, -0.1) is 0 Å². The molecular weight excluding hydrogens is 368 g/mol. The molecule has 0 saturated heterocycles. The van der Waals surface area contributed by atoms with E-state index >= 15 is 0 Å². The van der Waals surface area contributed by atoms with Gasteiger partial charge in [0.05, 0.1) is 12.1 Å². The molecule has 1 aromatic carbocycles. The van der Waals surface area contributed by atoms with Crippen molar-refractivity contribution in [3.63, 3.8) is 0 Å². The van der Waals surface area contributed by atoms with Crippen LogP contribution in [0.15, 0.2) is 48.8 Å². The van der Waals surface area contributed by atoms with Crippen molar-refractivity contribution in [1.82, 2.24) is 10.3 Å². The number of ether oxygens (including phenoxy) is 1. The van der Waals surface area contributed by atoms with E-state index in [-0.39, 0.29) is 29.7 Å². The van der Waals surface area contributed by atoms with Crippen molar-refractivity contribution in [2.45, 2.75) is 37.8 Å². The Morgan fingerprint density at radius 2 is 1.79 bits per heavy atom. The number of anilines is 1. The summed E-state index contributed by atoms with van der Waals surface area (Å²) in [5, 5.41) is 5.96. The first-order valence-corrected chi connectivity index (χ1v) is 10.1. The smallest absolute Gasteiger partial charge is 0.237 e. The number of hydrogen-bond acceptors (Lipinski definition) is 5. The monoisotopic (exact) mass is 394 g/mol. The van der Waals surface area contributed by atoms with E-state index in [1.165, 1.54) is 0 Å². The van der Waals surface area contributed by atoms with Crippen molar-refractivity contribution in [1.29, 1.82) is 0 Å². The molecule has 0 radical (unpaired) electrons. The first-order valence-electron chi connectivity index (χ1n) is 10.1. The molecule has 2 aromatic rings. The number of fused-ring (bicyclic) bond motifs is 1. The number of hydrogen-bond donors (Lipinski definition) is 3. The van der Waals surface area contributed by atoms with Gasteiger partial charge in [-0.05, 0) is 49.8 Å². The van der Waals surface area contributed by atoms with Gasteiger partial charge in [-0.2, -0.15) is 0 Å². The van der Waals surface area contributed by atoms with Crippen LogP contribution in [0.1, 0.15) is 37.3 Å². The molecule has 2 aliphatic rings. The van der Waals surface area contributed by atoms with Gasteiger partial charge in [0, 0.05) is 29.6 Å². The van der Waals surface area contributed by atoms with E-state index in [1.54, 1.807) is 24.5 Å². The van der Waals surface area contributed by atoms with E-state index in [9.17, 15) is 9.59 Å². The lowest BCUT2D eigenvalue weighted by Crippen LogP contribution is -2.48. The fourth-order valence-corrected chi connectivity index (χ4v) is 4.18. The second-order valence-corrected chi connectivity index (χ2v) is 7.77. The quantitative estimate of drug-likeness (QED) is 0.722. The largest absolute Gasteiger partial charge is 0.491 e. The summed E-state index contributed by atoms with van der Waals surface area (Å²) < 4.78 is 5.62. The zero-order valence-electron chi connectivity index (χ0n) is 16.2. The van der Waals surface area contributed by atoms with Gasteiger partial charge in [-0.3, -0.25) is 14.6 Å². The number of nitrogens with zero attached hydrogens (tertiary/aromatic N) is 1. The Bertz CT molecular complexity index is 865. The topological polar surface area (TPSA) is 106 Å². The first-order chi connectivity index (χ1) is 14.1. The molecule has 2 unspecified atom stereocenters. The second kappa shape index (κ2) is 8.61. The Morgan fingerprint density at radius 1 is 1.07 bits per heavy atom. The number of pyridine rings is 1. The van der Waals surface area contributed by atoms with E-state index in [0.29, 0.717) is 6.61 Å². The summed E-state index contributed by atoms with van der Waals surface area (Å²) in [5.41, 5.74) is 8.02. The van der Waals surface area contributed by atoms with Gasteiger partial charge < -0.3 is 21.1 Å². The number of carbonyl (C=O) groups is 2. The fraction of sp³-hybridized carbons (Fsp3) is 0.409. The predicted molar refractivity (Wildman–Crippen MR) is 109 cm³/mol. The van der Waals surface area contributed by atoms with Gasteiger partial charge >= 0.3 is 0 Å². The minimum absolute atomic E-state index is 0.0207. The summed E-state index contributed by atoms with van der Waals surface area (Å²) in [4.78, 5) is 29.1. The molecule has 1 saturated carbocycles. The highest BCUT2D eigenvalue weighted by molar-refractivity contribution is 5.92. The SMILES string of the molecule is NC(C(=O)NC1COc2ccccc21)[C@H]1CC[C@H](C(=O)Nc2ccncc2)CC1. The Kier molecular flexibility index (Phi) is 5.76. The number of carbonyl (C=O) groups excluding carboxylic acids is 2. The lowest BCUT2D eigenvalue weighted by Gasteiger charge is -2.31. The van der Waals surface area contributed by atoms with Crippen LogP contribution >= 0.6 is 0 Å². The van der Waals surface area contributed by atoms with Crippen LogP contribution in [0.3, 0.4) is 0 Å². The Labute approximate surface area is 170 Å². The van der Waals surface area contributed by atoms with Crippen LogP contribution in [0, 0.1) is 11.8 Å². The number of nitrogens with one attached hydrogen (secondary N) is 2. The molecule has 2 atom stereocenters. The third kappa shape index (κ3) is 4.40. The van der Waals surface area contributed by atoms with Crippen LogP contribution in [0.25, 0.3) is 0 Å². The van der Waals surface area contributed by atoms with E-state index in [0.717, 1.165) is 42.7 Å². The average Bonchev–Trinajstić information content (AvgIpc) is 3.17. The average molecular weight is 394 g/mol. The van der Waals surface area contributed by atoms with Crippen molar-refractivity contribution in [2.75, 3.05) is 11.9 Å². The van der Waals surface area contributed by atoms with Crippen molar-refractivity contribution in [3.05, 3.63) is 54.4 Å². The fourth-order valence-electron chi connectivity index (χ4n) is 4.18. The van der Waals surface area contributed by atoms with Crippen LogP contribution in [-0.4, -0.2) is 29.4 Å². The second-order valence-electron chi connectivity index (χ2n) is 7.77. The predicted octanol–water partition coefficient (Wildman–Crippen LogP) is 2.40. The molecule has 4 N–H and O–H groups in total. The van der Waals surface area contributed by atoms with Crippen molar-refractivity contribution < 1.29 is 14.3 Å². The number of benzene rings is 1. The summed E-state index contributed by atoms with van der Waals surface area (Å²) >= 11 is 0. The normalized spacial score (nSPS) is 24.1. The number of para-hydroxylation sites is 1. The van der Waals surface area contributed by atoms with Crippen molar-refractivity contribution >= 4 is 17.5 Å². The number of amides is 2. The highest BCUT2D eigenvalue weighted by atomic mass is 16.5.